The third-order valence-corrected chi connectivity index (χ3v) is 4.58. The first-order chi connectivity index (χ1) is 15.3. The number of aromatic nitrogens is 3. The molecular formula is C22H15F5N4O. The Morgan fingerprint density at radius 2 is 1.62 bits per heavy atom. The predicted octanol–water partition coefficient (Wildman–Crippen LogP) is 5.77. The van der Waals surface area contributed by atoms with Gasteiger partial charge in [0.15, 0.2) is 11.4 Å². The highest BCUT2D eigenvalue weighted by Gasteiger charge is 2.36. The molecule has 0 radical (unpaired) electrons. The van der Waals surface area contributed by atoms with Crippen LogP contribution in [0.4, 0.5) is 27.8 Å². The van der Waals surface area contributed by atoms with Crippen molar-refractivity contribution >= 4 is 16.7 Å². The molecule has 0 spiro atoms. The molecule has 0 aliphatic heterocycles. The van der Waals surface area contributed by atoms with Gasteiger partial charge in [-0.15, -0.1) is 0 Å². The van der Waals surface area contributed by atoms with Crippen molar-refractivity contribution in [2.75, 3.05) is 11.9 Å². The molecule has 10 heteroatoms. The summed E-state index contributed by atoms with van der Waals surface area (Å²) in [5.41, 5.74) is -0.372. The van der Waals surface area contributed by atoms with E-state index in [9.17, 15) is 22.0 Å². The van der Waals surface area contributed by atoms with Crippen LogP contribution in [-0.4, -0.2) is 21.5 Å². The summed E-state index contributed by atoms with van der Waals surface area (Å²) in [6, 6.07) is 11.0. The maximum Gasteiger partial charge on any atom is 0.437 e. The maximum absolute atomic E-state index is 14.1. The Kier molecular flexibility index (Phi) is 5.85. The molecular weight excluding hydrogens is 431 g/mol. The topological polar surface area (TPSA) is 59.9 Å². The molecule has 0 amide bonds. The zero-order valence-corrected chi connectivity index (χ0v) is 16.3. The second kappa shape index (κ2) is 8.74. The molecule has 0 saturated carbocycles. The van der Waals surface area contributed by atoms with Crippen LogP contribution in [0.1, 0.15) is 11.3 Å². The van der Waals surface area contributed by atoms with Gasteiger partial charge in [-0.1, -0.05) is 12.1 Å². The van der Waals surface area contributed by atoms with Crippen LogP contribution in [0.3, 0.4) is 0 Å². The lowest BCUT2D eigenvalue weighted by Crippen LogP contribution is -2.09. The van der Waals surface area contributed by atoms with Gasteiger partial charge in [-0.05, 0) is 48.4 Å². The summed E-state index contributed by atoms with van der Waals surface area (Å²) in [5, 5.41) is 2.93. The Morgan fingerprint density at radius 3 is 2.38 bits per heavy atom. The standard InChI is InChI=1S/C22H15F5N4O/c23-15-7-8-16(24)19-18(15)21(31-12-30-19)29-11-9-13-3-5-14(6-4-13)32-17-2-1-10-28-20(17)22(25,26)27/h1-8,10,12H,9,11H2,(H,29,30,31). The summed E-state index contributed by atoms with van der Waals surface area (Å²) in [6.45, 7) is 0.350. The van der Waals surface area contributed by atoms with Crippen LogP contribution in [0.5, 0.6) is 11.5 Å². The van der Waals surface area contributed by atoms with E-state index >= 15 is 0 Å². The number of benzene rings is 2. The van der Waals surface area contributed by atoms with Gasteiger partial charge < -0.3 is 10.1 Å². The van der Waals surface area contributed by atoms with Gasteiger partial charge in [0.05, 0.1) is 5.39 Å². The Morgan fingerprint density at radius 1 is 0.875 bits per heavy atom. The predicted molar refractivity (Wildman–Crippen MR) is 107 cm³/mol. The number of nitrogens with zero attached hydrogens (tertiary/aromatic N) is 3. The number of hydrogen-bond acceptors (Lipinski definition) is 5. The van der Waals surface area contributed by atoms with E-state index in [1.165, 1.54) is 24.3 Å². The number of nitrogens with one attached hydrogen (secondary N) is 1. The lowest BCUT2D eigenvalue weighted by molar-refractivity contribution is -0.142. The largest absolute Gasteiger partial charge is 0.455 e. The molecule has 2 heterocycles. The SMILES string of the molecule is Fc1ccc(F)c2c(NCCc3ccc(Oc4cccnc4C(F)(F)F)cc3)ncnc12. The summed E-state index contributed by atoms with van der Waals surface area (Å²) in [6.07, 6.45) is -1.95. The number of ether oxygens (including phenoxy) is 1. The number of halogens is 5. The van der Waals surface area contributed by atoms with Gasteiger partial charge in [0.2, 0.25) is 0 Å². The van der Waals surface area contributed by atoms with E-state index < -0.39 is 23.5 Å². The van der Waals surface area contributed by atoms with E-state index in [0.717, 1.165) is 30.2 Å². The van der Waals surface area contributed by atoms with Crippen molar-refractivity contribution in [3.05, 3.63) is 83.9 Å². The molecule has 164 valence electrons. The second-order valence-corrected chi connectivity index (χ2v) is 6.75. The summed E-state index contributed by atoms with van der Waals surface area (Å²) in [5.74, 6) is -1.29. The molecule has 4 aromatic rings. The summed E-state index contributed by atoms with van der Waals surface area (Å²) >= 11 is 0. The Bertz CT molecular complexity index is 1250. The lowest BCUT2D eigenvalue weighted by Gasteiger charge is -2.13. The molecule has 2 aromatic heterocycles. The highest BCUT2D eigenvalue weighted by atomic mass is 19.4. The first-order valence-electron chi connectivity index (χ1n) is 9.44. The summed E-state index contributed by atoms with van der Waals surface area (Å²) in [7, 11) is 0. The number of alkyl halides is 3. The van der Waals surface area contributed by atoms with Gasteiger partial charge in [-0.3, -0.25) is 0 Å². The molecule has 0 atom stereocenters. The van der Waals surface area contributed by atoms with Gasteiger partial charge in [0.25, 0.3) is 0 Å². The van der Waals surface area contributed by atoms with Crippen molar-refractivity contribution in [3.8, 4) is 11.5 Å². The summed E-state index contributed by atoms with van der Waals surface area (Å²) < 4.78 is 72.4. The average Bonchev–Trinajstić information content (AvgIpc) is 2.77. The van der Waals surface area contributed by atoms with Gasteiger partial charge in [-0.2, -0.15) is 13.2 Å². The Labute approximate surface area is 178 Å². The van der Waals surface area contributed by atoms with Crippen molar-refractivity contribution in [2.45, 2.75) is 12.6 Å². The van der Waals surface area contributed by atoms with Crippen molar-refractivity contribution < 1.29 is 26.7 Å². The molecule has 4 rings (SSSR count). The zero-order valence-electron chi connectivity index (χ0n) is 16.3. The number of fused-ring (bicyclic) bond motifs is 1. The Balaban J connectivity index is 1.42. The van der Waals surface area contributed by atoms with Gasteiger partial charge in [0, 0.05) is 12.7 Å². The second-order valence-electron chi connectivity index (χ2n) is 6.75. The number of hydrogen-bond donors (Lipinski definition) is 1. The van der Waals surface area contributed by atoms with Gasteiger partial charge in [-0.25, -0.2) is 23.7 Å². The van der Waals surface area contributed by atoms with Crippen molar-refractivity contribution in [1.29, 1.82) is 0 Å². The fourth-order valence-electron chi connectivity index (χ4n) is 3.10. The molecule has 5 nitrogen and oxygen atoms in total. The zero-order chi connectivity index (χ0) is 22.7. The third-order valence-electron chi connectivity index (χ3n) is 4.58. The minimum absolute atomic E-state index is 0.0341. The minimum Gasteiger partial charge on any atom is -0.455 e. The van der Waals surface area contributed by atoms with E-state index in [0.29, 0.717) is 13.0 Å². The first kappa shape index (κ1) is 21.4. The quantitative estimate of drug-likeness (QED) is 0.381. The monoisotopic (exact) mass is 446 g/mol. The molecule has 0 fully saturated rings. The number of anilines is 1. The molecule has 32 heavy (non-hydrogen) atoms. The molecule has 2 aromatic carbocycles. The summed E-state index contributed by atoms with van der Waals surface area (Å²) in [4.78, 5) is 11.1. The van der Waals surface area contributed by atoms with E-state index in [4.69, 9.17) is 4.74 Å². The van der Waals surface area contributed by atoms with Crippen molar-refractivity contribution in [1.82, 2.24) is 15.0 Å². The minimum atomic E-state index is -4.63. The first-order valence-corrected chi connectivity index (χ1v) is 9.44. The smallest absolute Gasteiger partial charge is 0.437 e. The molecule has 0 aliphatic carbocycles. The van der Waals surface area contributed by atoms with Crippen molar-refractivity contribution in [2.24, 2.45) is 0 Å². The van der Waals surface area contributed by atoms with Crippen molar-refractivity contribution in [3.63, 3.8) is 0 Å². The molecule has 0 saturated heterocycles. The fraction of sp³-hybridized carbons (Fsp3) is 0.136. The van der Waals surface area contributed by atoms with Gasteiger partial charge >= 0.3 is 6.18 Å². The van der Waals surface area contributed by atoms with Crippen LogP contribution in [-0.2, 0) is 12.6 Å². The molecule has 0 unspecified atom stereocenters. The number of pyridine rings is 1. The lowest BCUT2D eigenvalue weighted by atomic mass is 10.1. The molecule has 0 bridgehead atoms. The van der Waals surface area contributed by atoms with Crippen LogP contribution in [0.25, 0.3) is 10.9 Å². The van der Waals surface area contributed by atoms with E-state index in [-0.39, 0.29) is 28.2 Å². The average molecular weight is 446 g/mol. The molecule has 0 aliphatic rings. The normalized spacial score (nSPS) is 11.5. The van der Waals surface area contributed by atoms with E-state index in [2.05, 4.69) is 20.3 Å². The van der Waals surface area contributed by atoms with Gasteiger partial charge in [0.1, 0.15) is 35.0 Å². The maximum atomic E-state index is 14.1. The highest BCUT2D eigenvalue weighted by Crippen LogP contribution is 2.36. The van der Waals surface area contributed by atoms with E-state index in [1.807, 2.05) is 0 Å². The highest BCUT2D eigenvalue weighted by molar-refractivity contribution is 5.89. The van der Waals surface area contributed by atoms with Crippen LogP contribution in [0.2, 0.25) is 0 Å². The van der Waals surface area contributed by atoms with Crippen LogP contribution in [0, 0.1) is 11.6 Å². The van der Waals surface area contributed by atoms with Crippen LogP contribution < -0.4 is 10.1 Å². The third kappa shape index (κ3) is 4.58. The molecule has 1 N–H and O–H groups in total. The van der Waals surface area contributed by atoms with Crippen LogP contribution >= 0.6 is 0 Å². The Hall–Kier alpha value is -3.82. The van der Waals surface area contributed by atoms with Crippen LogP contribution in [0.15, 0.2) is 61.1 Å². The fourth-order valence-corrected chi connectivity index (χ4v) is 3.10. The number of rotatable bonds is 6. The van der Waals surface area contributed by atoms with E-state index in [1.54, 1.807) is 12.1 Å².